The first-order chi connectivity index (χ1) is 6.36. The van der Waals surface area contributed by atoms with Gasteiger partial charge in [-0.2, -0.15) is 0 Å². The van der Waals surface area contributed by atoms with Gasteiger partial charge < -0.3 is 0 Å². The maximum atomic E-state index is 5.82. The molecule has 0 aliphatic carbocycles. The van der Waals surface area contributed by atoms with E-state index in [1.807, 2.05) is 24.1 Å². The highest BCUT2D eigenvalue weighted by Crippen LogP contribution is 2.26. The van der Waals surface area contributed by atoms with E-state index in [4.69, 9.17) is 11.6 Å². The van der Waals surface area contributed by atoms with Crippen molar-refractivity contribution in [2.24, 2.45) is 0 Å². The van der Waals surface area contributed by atoms with Crippen LogP contribution < -0.4 is 4.72 Å². The zero-order chi connectivity index (χ0) is 9.10. The molecule has 1 nitrogen and oxygen atoms in total. The van der Waals surface area contributed by atoms with Gasteiger partial charge in [-0.25, -0.2) is 0 Å². The Bertz CT molecular complexity index is 267. The first-order valence-corrected chi connectivity index (χ1v) is 5.85. The van der Waals surface area contributed by atoms with Gasteiger partial charge in [0.2, 0.25) is 0 Å². The van der Waals surface area contributed by atoms with Crippen LogP contribution in [0.4, 0.5) is 0 Å². The predicted octanol–water partition coefficient (Wildman–Crippen LogP) is 3.41. The third-order valence-electron chi connectivity index (χ3n) is 2.24. The van der Waals surface area contributed by atoms with Crippen LogP contribution in [-0.4, -0.2) is 5.75 Å². The molecule has 1 saturated heterocycles. The maximum absolute atomic E-state index is 5.82. The Labute approximate surface area is 88.0 Å². The molecule has 1 fully saturated rings. The van der Waals surface area contributed by atoms with Crippen molar-refractivity contribution in [3.8, 4) is 0 Å². The van der Waals surface area contributed by atoms with Crippen LogP contribution in [0.3, 0.4) is 0 Å². The normalized spacial score (nSPS) is 23.0. The minimum atomic E-state index is 0.510. The van der Waals surface area contributed by atoms with Crippen molar-refractivity contribution in [3.63, 3.8) is 0 Å². The molecule has 1 aliphatic rings. The van der Waals surface area contributed by atoms with Gasteiger partial charge >= 0.3 is 0 Å². The van der Waals surface area contributed by atoms with Crippen molar-refractivity contribution in [2.75, 3.05) is 5.75 Å². The van der Waals surface area contributed by atoms with Crippen molar-refractivity contribution >= 4 is 23.5 Å². The van der Waals surface area contributed by atoms with Crippen molar-refractivity contribution in [3.05, 3.63) is 34.9 Å². The van der Waals surface area contributed by atoms with Crippen LogP contribution >= 0.6 is 23.5 Å². The molecule has 1 aromatic rings. The standard InChI is InChI=1S/C10H12ClNS/c11-9-5-3-8(4-6-9)10-2-1-7-13-12-10/h3-6,10,12H,1-2,7H2. The quantitative estimate of drug-likeness (QED) is 0.718. The minimum absolute atomic E-state index is 0.510. The zero-order valence-electron chi connectivity index (χ0n) is 7.29. The average Bonchev–Trinajstić information content (AvgIpc) is 2.20. The summed E-state index contributed by atoms with van der Waals surface area (Å²) in [6.45, 7) is 0. The van der Waals surface area contributed by atoms with E-state index in [9.17, 15) is 0 Å². The van der Waals surface area contributed by atoms with Gasteiger partial charge in [-0.1, -0.05) is 35.7 Å². The van der Waals surface area contributed by atoms with E-state index in [0.29, 0.717) is 6.04 Å². The van der Waals surface area contributed by atoms with Crippen LogP contribution in [0.2, 0.25) is 5.02 Å². The topological polar surface area (TPSA) is 12.0 Å². The van der Waals surface area contributed by atoms with Gasteiger partial charge in [-0.15, -0.1) is 0 Å². The third-order valence-corrected chi connectivity index (χ3v) is 3.43. The summed E-state index contributed by atoms with van der Waals surface area (Å²) in [6.07, 6.45) is 2.53. The Morgan fingerprint density at radius 3 is 2.69 bits per heavy atom. The van der Waals surface area contributed by atoms with E-state index in [1.165, 1.54) is 24.2 Å². The lowest BCUT2D eigenvalue weighted by molar-refractivity contribution is 0.585. The van der Waals surface area contributed by atoms with Crippen LogP contribution in [0.15, 0.2) is 24.3 Å². The van der Waals surface area contributed by atoms with Gasteiger partial charge in [-0.3, -0.25) is 4.72 Å². The first kappa shape index (κ1) is 9.38. The second-order valence-electron chi connectivity index (χ2n) is 3.21. The lowest BCUT2D eigenvalue weighted by atomic mass is 10.0. The molecule has 13 heavy (non-hydrogen) atoms. The van der Waals surface area contributed by atoms with Gasteiger partial charge in [-0.05, 0) is 30.5 Å². The van der Waals surface area contributed by atoms with E-state index in [-0.39, 0.29) is 0 Å². The molecular weight excluding hydrogens is 202 g/mol. The summed E-state index contributed by atoms with van der Waals surface area (Å²) in [5.41, 5.74) is 1.34. The molecule has 1 N–H and O–H groups in total. The van der Waals surface area contributed by atoms with Gasteiger partial charge in [0.05, 0.1) is 0 Å². The monoisotopic (exact) mass is 213 g/mol. The van der Waals surface area contributed by atoms with Crippen molar-refractivity contribution in [1.29, 1.82) is 0 Å². The molecule has 0 spiro atoms. The molecule has 2 rings (SSSR count). The highest BCUT2D eigenvalue weighted by molar-refractivity contribution is 7.97. The fourth-order valence-corrected chi connectivity index (χ4v) is 2.52. The molecule has 0 bridgehead atoms. The molecule has 1 unspecified atom stereocenters. The van der Waals surface area contributed by atoms with Gasteiger partial charge in [0.1, 0.15) is 0 Å². The molecule has 0 radical (unpaired) electrons. The minimum Gasteiger partial charge on any atom is -0.257 e. The highest BCUT2D eigenvalue weighted by atomic mass is 35.5. The van der Waals surface area contributed by atoms with Crippen LogP contribution in [0, 0.1) is 0 Å². The number of hydrogen-bond acceptors (Lipinski definition) is 2. The lowest BCUT2D eigenvalue weighted by Gasteiger charge is -2.22. The third kappa shape index (κ3) is 2.39. The van der Waals surface area contributed by atoms with Crippen LogP contribution in [0.25, 0.3) is 0 Å². The summed E-state index contributed by atoms with van der Waals surface area (Å²) < 4.78 is 3.43. The van der Waals surface area contributed by atoms with E-state index in [2.05, 4.69) is 16.9 Å². The molecular formula is C10H12ClNS. The smallest absolute Gasteiger partial charge is 0.0421 e. The molecule has 70 valence electrons. The summed E-state index contributed by atoms with van der Waals surface area (Å²) in [7, 11) is 0. The Morgan fingerprint density at radius 1 is 1.31 bits per heavy atom. The Balaban J connectivity index is 2.10. The second kappa shape index (κ2) is 4.36. The second-order valence-corrected chi connectivity index (χ2v) is 4.58. The van der Waals surface area contributed by atoms with Gasteiger partial charge in [0, 0.05) is 16.8 Å². The maximum Gasteiger partial charge on any atom is 0.0421 e. The summed E-state index contributed by atoms with van der Waals surface area (Å²) in [6, 6.07) is 8.63. The molecule has 1 aliphatic heterocycles. The number of halogens is 1. The van der Waals surface area contributed by atoms with E-state index >= 15 is 0 Å². The molecule has 1 atom stereocenters. The number of hydrogen-bond donors (Lipinski definition) is 1. The van der Waals surface area contributed by atoms with Crippen molar-refractivity contribution in [1.82, 2.24) is 4.72 Å². The predicted molar refractivity (Wildman–Crippen MR) is 59.0 cm³/mol. The van der Waals surface area contributed by atoms with Crippen molar-refractivity contribution in [2.45, 2.75) is 18.9 Å². The molecule has 1 heterocycles. The largest absolute Gasteiger partial charge is 0.257 e. The van der Waals surface area contributed by atoms with Crippen LogP contribution in [-0.2, 0) is 0 Å². The molecule has 1 aromatic carbocycles. The zero-order valence-corrected chi connectivity index (χ0v) is 8.87. The number of rotatable bonds is 1. The molecule has 3 heteroatoms. The molecule has 0 saturated carbocycles. The SMILES string of the molecule is Clc1ccc(C2CCCSN2)cc1. The van der Waals surface area contributed by atoms with E-state index < -0.39 is 0 Å². The van der Waals surface area contributed by atoms with E-state index in [0.717, 1.165) is 5.02 Å². The summed E-state index contributed by atoms with van der Waals surface area (Å²) >= 11 is 7.64. The first-order valence-electron chi connectivity index (χ1n) is 4.49. The van der Waals surface area contributed by atoms with Gasteiger partial charge in [0.25, 0.3) is 0 Å². The van der Waals surface area contributed by atoms with Crippen LogP contribution in [0.5, 0.6) is 0 Å². The van der Waals surface area contributed by atoms with Gasteiger partial charge in [0.15, 0.2) is 0 Å². The summed E-state index contributed by atoms with van der Waals surface area (Å²) in [5.74, 6) is 1.23. The fraction of sp³-hybridized carbons (Fsp3) is 0.400. The fourth-order valence-electron chi connectivity index (χ4n) is 1.51. The highest BCUT2D eigenvalue weighted by Gasteiger charge is 2.14. The average molecular weight is 214 g/mol. The molecule has 0 aromatic heterocycles. The summed E-state index contributed by atoms with van der Waals surface area (Å²) in [4.78, 5) is 0. The Hall–Kier alpha value is -0.180. The van der Waals surface area contributed by atoms with Crippen LogP contribution in [0.1, 0.15) is 24.4 Å². The Morgan fingerprint density at radius 2 is 2.08 bits per heavy atom. The Kier molecular flexibility index (Phi) is 3.14. The molecule has 0 amide bonds. The van der Waals surface area contributed by atoms with E-state index in [1.54, 1.807) is 0 Å². The number of benzene rings is 1. The lowest BCUT2D eigenvalue weighted by Crippen LogP contribution is -2.19. The summed E-state index contributed by atoms with van der Waals surface area (Å²) in [5, 5.41) is 0.812. The van der Waals surface area contributed by atoms with Crippen molar-refractivity contribution < 1.29 is 0 Å². The number of nitrogens with one attached hydrogen (secondary N) is 1.